The number of hydrogen-bond acceptors (Lipinski definition) is 6. The molecule has 1 aromatic heterocycles. The minimum atomic E-state index is -3.61. The predicted molar refractivity (Wildman–Crippen MR) is 109 cm³/mol. The summed E-state index contributed by atoms with van der Waals surface area (Å²) in [5.74, 6) is -0.882. The molecular weight excluding hydrogens is 441 g/mol. The number of ether oxygens (including phenoxy) is 1. The molecule has 0 bridgehead atoms. The van der Waals surface area contributed by atoms with Gasteiger partial charge in [0.05, 0.1) is 28.5 Å². The van der Waals surface area contributed by atoms with E-state index in [1.807, 2.05) is 0 Å². The molecule has 11 heteroatoms. The maximum absolute atomic E-state index is 13.2. The number of rotatable bonds is 6. The van der Waals surface area contributed by atoms with E-state index in [2.05, 4.69) is 10.3 Å². The minimum Gasteiger partial charge on any atom is -0.379 e. The second kappa shape index (κ2) is 9.40. The number of hydrogen-bond donors (Lipinski definition) is 1. The summed E-state index contributed by atoms with van der Waals surface area (Å²) in [7, 11) is -3.61. The number of carbonyl (C=O) groups excluding carboxylic acids is 1. The second-order valence-electron chi connectivity index (χ2n) is 6.23. The Morgan fingerprint density at radius 2 is 2.03 bits per heavy atom. The lowest BCUT2D eigenvalue weighted by Gasteiger charge is -2.25. The standard InChI is InChI=1S/C18H19ClFN3O4S2/c1-12(18(24)22-13-2-4-16(20)15(19)10-13)28-17-5-3-14(11-21-17)29(25,26)23-6-8-27-9-7-23/h2-5,10-12H,6-9H2,1H3,(H,22,24). The summed E-state index contributed by atoms with van der Waals surface area (Å²) in [6.07, 6.45) is 1.29. The maximum atomic E-state index is 13.2. The zero-order valence-corrected chi connectivity index (χ0v) is 17.9. The summed E-state index contributed by atoms with van der Waals surface area (Å²) in [6, 6.07) is 6.96. The summed E-state index contributed by atoms with van der Waals surface area (Å²) in [5, 5.41) is 2.56. The molecular formula is C18H19ClFN3O4S2. The molecule has 3 rings (SSSR count). The number of thioether (sulfide) groups is 1. The monoisotopic (exact) mass is 459 g/mol. The Kier molecular flexibility index (Phi) is 7.12. The zero-order chi connectivity index (χ0) is 21.0. The second-order valence-corrected chi connectivity index (χ2v) is 9.93. The zero-order valence-electron chi connectivity index (χ0n) is 15.5. The summed E-state index contributed by atoms with van der Waals surface area (Å²) < 4.78 is 45.0. The highest BCUT2D eigenvalue weighted by Gasteiger charge is 2.26. The van der Waals surface area contributed by atoms with Crippen molar-refractivity contribution in [2.24, 2.45) is 0 Å². The SMILES string of the molecule is CC(Sc1ccc(S(=O)(=O)N2CCOCC2)cn1)C(=O)Nc1ccc(F)c(Cl)c1. The highest BCUT2D eigenvalue weighted by molar-refractivity contribution is 8.00. The van der Waals surface area contributed by atoms with Gasteiger partial charge in [-0.05, 0) is 37.3 Å². The van der Waals surface area contributed by atoms with Crippen LogP contribution in [-0.2, 0) is 19.6 Å². The molecule has 1 aliphatic rings. The average Bonchev–Trinajstić information content (AvgIpc) is 2.72. The lowest BCUT2D eigenvalue weighted by Crippen LogP contribution is -2.40. The van der Waals surface area contributed by atoms with E-state index in [0.29, 0.717) is 37.0 Å². The van der Waals surface area contributed by atoms with Crippen molar-refractivity contribution in [2.45, 2.75) is 22.1 Å². The minimum absolute atomic E-state index is 0.0816. The summed E-state index contributed by atoms with van der Waals surface area (Å²) in [5.41, 5.74) is 0.383. The molecule has 1 saturated heterocycles. The Balaban J connectivity index is 1.62. The number of halogens is 2. The highest BCUT2D eigenvalue weighted by atomic mass is 35.5. The average molecular weight is 460 g/mol. The van der Waals surface area contributed by atoms with Gasteiger partial charge in [0, 0.05) is 25.0 Å². The van der Waals surface area contributed by atoms with Crippen molar-refractivity contribution in [2.75, 3.05) is 31.6 Å². The number of benzene rings is 1. The molecule has 1 amide bonds. The fraction of sp³-hybridized carbons (Fsp3) is 0.333. The van der Waals surface area contributed by atoms with Crippen molar-refractivity contribution in [3.8, 4) is 0 Å². The van der Waals surface area contributed by atoms with Gasteiger partial charge < -0.3 is 10.1 Å². The van der Waals surface area contributed by atoms with Crippen molar-refractivity contribution in [3.05, 3.63) is 47.4 Å². The molecule has 1 atom stereocenters. The van der Waals surface area contributed by atoms with E-state index in [4.69, 9.17) is 16.3 Å². The largest absolute Gasteiger partial charge is 0.379 e. The van der Waals surface area contributed by atoms with E-state index in [1.165, 1.54) is 46.5 Å². The van der Waals surface area contributed by atoms with Crippen LogP contribution >= 0.6 is 23.4 Å². The van der Waals surface area contributed by atoms with Gasteiger partial charge in [-0.15, -0.1) is 0 Å². The topological polar surface area (TPSA) is 88.6 Å². The number of anilines is 1. The first-order chi connectivity index (χ1) is 13.8. The molecule has 2 heterocycles. The summed E-state index contributed by atoms with van der Waals surface area (Å²) in [6.45, 7) is 3.04. The molecule has 1 aromatic carbocycles. The molecule has 29 heavy (non-hydrogen) atoms. The number of amides is 1. The normalized spacial score (nSPS) is 16.4. The Morgan fingerprint density at radius 3 is 2.66 bits per heavy atom. The van der Waals surface area contributed by atoms with Gasteiger partial charge in [-0.1, -0.05) is 23.4 Å². The Bertz CT molecular complexity index is 983. The first-order valence-electron chi connectivity index (χ1n) is 8.74. The predicted octanol–water partition coefficient (Wildman–Crippen LogP) is 3.01. The van der Waals surface area contributed by atoms with Gasteiger partial charge in [-0.2, -0.15) is 4.31 Å². The molecule has 7 nitrogen and oxygen atoms in total. The van der Waals surface area contributed by atoms with Gasteiger partial charge in [0.15, 0.2) is 0 Å². The van der Waals surface area contributed by atoms with Crippen LogP contribution in [0.5, 0.6) is 0 Å². The van der Waals surface area contributed by atoms with Crippen LogP contribution in [0.3, 0.4) is 0 Å². The van der Waals surface area contributed by atoms with Crippen molar-refractivity contribution in [1.82, 2.24) is 9.29 Å². The fourth-order valence-electron chi connectivity index (χ4n) is 2.58. The molecule has 1 fully saturated rings. The lowest BCUT2D eigenvalue weighted by atomic mass is 10.3. The van der Waals surface area contributed by atoms with Gasteiger partial charge in [-0.3, -0.25) is 4.79 Å². The molecule has 0 aliphatic carbocycles. The van der Waals surface area contributed by atoms with E-state index >= 15 is 0 Å². The van der Waals surface area contributed by atoms with Crippen molar-refractivity contribution in [3.63, 3.8) is 0 Å². The molecule has 0 spiro atoms. The van der Waals surface area contributed by atoms with Gasteiger partial charge in [0.1, 0.15) is 10.7 Å². The van der Waals surface area contributed by atoms with Crippen LogP contribution in [0.15, 0.2) is 46.5 Å². The van der Waals surface area contributed by atoms with Crippen LogP contribution in [-0.4, -0.2) is 55.2 Å². The van der Waals surface area contributed by atoms with E-state index in [9.17, 15) is 17.6 Å². The smallest absolute Gasteiger partial charge is 0.244 e. The van der Waals surface area contributed by atoms with E-state index in [0.717, 1.165) is 0 Å². The van der Waals surface area contributed by atoms with Crippen molar-refractivity contribution >= 4 is 45.0 Å². The van der Waals surface area contributed by atoms with E-state index in [-0.39, 0.29) is 15.8 Å². The molecule has 1 N–H and O–H groups in total. The Labute approximate surface area is 177 Å². The molecule has 0 saturated carbocycles. The van der Waals surface area contributed by atoms with Crippen LogP contribution in [0, 0.1) is 5.82 Å². The third-order valence-corrected chi connectivity index (χ3v) is 7.39. The van der Waals surface area contributed by atoms with Gasteiger partial charge in [-0.25, -0.2) is 17.8 Å². The maximum Gasteiger partial charge on any atom is 0.244 e. The number of aromatic nitrogens is 1. The van der Waals surface area contributed by atoms with Gasteiger partial charge in [0.25, 0.3) is 0 Å². The third kappa shape index (κ3) is 5.46. The number of sulfonamides is 1. The van der Waals surface area contributed by atoms with Crippen LogP contribution in [0.1, 0.15) is 6.92 Å². The van der Waals surface area contributed by atoms with Crippen LogP contribution in [0.2, 0.25) is 5.02 Å². The Morgan fingerprint density at radius 1 is 1.31 bits per heavy atom. The summed E-state index contributed by atoms with van der Waals surface area (Å²) in [4.78, 5) is 16.6. The molecule has 156 valence electrons. The van der Waals surface area contributed by atoms with E-state index < -0.39 is 21.1 Å². The highest BCUT2D eigenvalue weighted by Crippen LogP contribution is 2.25. The fourth-order valence-corrected chi connectivity index (χ4v) is 4.90. The first kappa shape index (κ1) is 22.0. The number of nitrogens with one attached hydrogen (secondary N) is 1. The third-order valence-electron chi connectivity index (χ3n) is 4.17. The number of pyridine rings is 1. The van der Waals surface area contributed by atoms with Crippen molar-refractivity contribution < 1.29 is 22.3 Å². The number of carbonyl (C=O) groups is 1. The molecule has 0 radical (unpaired) electrons. The van der Waals surface area contributed by atoms with Crippen LogP contribution in [0.4, 0.5) is 10.1 Å². The van der Waals surface area contributed by atoms with Gasteiger partial charge >= 0.3 is 0 Å². The number of nitrogens with zero attached hydrogens (tertiary/aromatic N) is 2. The number of morpholine rings is 1. The van der Waals surface area contributed by atoms with E-state index in [1.54, 1.807) is 13.0 Å². The molecule has 1 unspecified atom stereocenters. The van der Waals surface area contributed by atoms with Gasteiger partial charge in [0.2, 0.25) is 15.9 Å². The van der Waals surface area contributed by atoms with Crippen LogP contribution < -0.4 is 5.32 Å². The van der Waals surface area contributed by atoms with Crippen molar-refractivity contribution in [1.29, 1.82) is 0 Å². The molecule has 2 aromatic rings. The summed E-state index contributed by atoms with van der Waals surface area (Å²) >= 11 is 6.89. The first-order valence-corrected chi connectivity index (χ1v) is 11.4. The molecule has 1 aliphatic heterocycles. The quantitative estimate of drug-likeness (QED) is 0.668. The lowest BCUT2D eigenvalue weighted by molar-refractivity contribution is -0.115. The van der Waals surface area contributed by atoms with Crippen LogP contribution in [0.25, 0.3) is 0 Å². The Hall–Kier alpha value is -1.72.